The van der Waals surface area contributed by atoms with E-state index in [0.717, 1.165) is 42.3 Å². The predicted molar refractivity (Wildman–Crippen MR) is 124 cm³/mol. The van der Waals surface area contributed by atoms with E-state index < -0.39 is 0 Å². The number of rotatable bonds is 10. The SMILES string of the molecule is COCCN(CC1CN(Cc2ccc(OC)cc2OC)CCO1)C(=O)c1ccc(C)cc1. The number of hydrogen-bond donors (Lipinski definition) is 0. The summed E-state index contributed by atoms with van der Waals surface area (Å²) >= 11 is 0. The van der Waals surface area contributed by atoms with Gasteiger partial charge in [0.05, 0.1) is 33.5 Å². The van der Waals surface area contributed by atoms with E-state index >= 15 is 0 Å². The summed E-state index contributed by atoms with van der Waals surface area (Å²) in [6.07, 6.45) is -0.0701. The Morgan fingerprint density at radius 3 is 2.59 bits per heavy atom. The molecule has 2 aromatic carbocycles. The Labute approximate surface area is 190 Å². The van der Waals surface area contributed by atoms with Crippen LogP contribution in [-0.4, -0.2) is 82.5 Å². The van der Waals surface area contributed by atoms with Crippen molar-refractivity contribution in [1.29, 1.82) is 0 Å². The molecule has 1 fully saturated rings. The molecule has 1 atom stereocenters. The molecule has 1 amide bonds. The van der Waals surface area contributed by atoms with Crippen molar-refractivity contribution in [1.82, 2.24) is 9.80 Å². The quantitative estimate of drug-likeness (QED) is 0.564. The van der Waals surface area contributed by atoms with E-state index in [1.165, 1.54) is 0 Å². The van der Waals surface area contributed by atoms with Crippen LogP contribution in [0.4, 0.5) is 0 Å². The summed E-state index contributed by atoms with van der Waals surface area (Å²) in [7, 11) is 4.97. The lowest BCUT2D eigenvalue weighted by Crippen LogP contribution is -2.49. The second-order valence-electron chi connectivity index (χ2n) is 8.02. The highest BCUT2D eigenvalue weighted by atomic mass is 16.5. The lowest BCUT2D eigenvalue weighted by Gasteiger charge is -2.36. The molecule has 1 heterocycles. The van der Waals surface area contributed by atoms with E-state index in [9.17, 15) is 4.79 Å². The van der Waals surface area contributed by atoms with E-state index in [-0.39, 0.29) is 12.0 Å². The van der Waals surface area contributed by atoms with Crippen molar-refractivity contribution in [2.75, 3.05) is 60.7 Å². The number of amides is 1. The van der Waals surface area contributed by atoms with Crippen LogP contribution in [0.5, 0.6) is 11.5 Å². The monoisotopic (exact) mass is 442 g/mol. The Morgan fingerprint density at radius 2 is 1.91 bits per heavy atom. The first-order valence-corrected chi connectivity index (χ1v) is 10.9. The van der Waals surface area contributed by atoms with Crippen molar-refractivity contribution in [3.63, 3.8) is 0 Å². The van der Waals surface area contributed by atoms with E-state index in [0.29, 0.717) is 31.9 Å². The topological polar surface area (TPSA) is 60.5 Å². The molecule has 0 spiro atoms. The van der Waals surface area contributed by atoms with Crippen molar-refractivity contribution < 1.29 is 23.7 Å². The summed E-state index contributed by atoms with van der Waals surface area (Å²) in [4.78, 5) is 17.3. The van der Waals surface area contributed by atoms with Gasteiger partial charge in [-0.05, 0) is 25.1 Å². The minimum Gasteiger partial charge on any atom is -0.497 e. The molecule has 0 saturated carbocycles. The molecule has 7 heteroatoms. The highest BCUT2D eigenvalue weighted by molar-refractivity contribution is 5.94. The van der Waals surface area contributed by atoms with Crippen LogP contribution in [0.3, 0.4) is 0 Å². The van der Waals surface area contributed by atoms with Crippen molar-refractivity contribution in [3.8, 4) is 11.5 Å². The summed E-state index contributed by atoms with van der Waals surface area (Å²) in [5.41, 5.74) is 2.91. The first-order chi connectivity index (χ1) is 15.5. The Hall–Kier alpha value is -2.61. The normalized spacial score (nSPS) is 16.6. The Morgan fingerprint density at radius 1 is 1.12 bits per heavy atom. The van der Waals surface area contributed by atoms with Crippen LogP contribution in [-0.2, 0) is 16.0 Å². The van der Waals surface area contributed by atoms with Crippen molar-refractivity contribution in [2.45, 2.75) is 19.6 Å². The van der Waals surface area contributed by atoms with Crippen molar-refractivity contribution in [2.24, 2.45) is 0 Å². The molecule has 174 valence electrons. The Balaban J connectivity index is 1.66. The van der Waals surface area contributed by atoms with Crippen LogP contribution in [0, 0.1) is 6.92 Å². The van der Waals surface area contributed by atoms with Gasteiger partial charge in [-0.3, -0.25) is 9.69 Å². The number of ether oxygens (including phenoxy) is 4. The third-order valence-electron chi connectivity index (χ3n) is 5.69. The van der Waals surface area contributed by atoms with Gasteiger partial charge in [0, 0.05) is 57.0 Å². The number of carbonyl (C=O) groups excluding carboxylic acids is 1. The molecule has 7 nitrogen and oxygen atoms in total. The Bertz CT molecular complexity index is 871. The van der Waals surface area contributed by atoms with Crippen LogP contribution < -0.4 is 9.47 Å². The lowest BCUT2D eigenvalue weighted by atomic mass is 10.1. The fraction of sp³-hybridized carbons (Fsp3) is 0.480. The smallest absolute Gasteiger partial charge is 0.254 e. The molecular weight excluding hydrogens is 408 g/mol. The number of hydrogen-bond acceptors (Lipinski definition) is 6. The molecule has 0 aromatic heterocycles. The maximum Gasteiger partial charge on any atom is 0.254 e. The summed E-state index contributed by atoms with van der Waals surface area (Å²) in [6, 6.07) is 13.6. The number of carbonyl (C=O) groups is 1. The average molecular weight is 443 g/mol. The molecule has 2 aromatic rings. The molecule has 0 aliphatic carbocycles. The molecule has 1 unspecified atom stereocenters. The van der Waals surface area contributed by atoms with E-state index in [1.54, 1.807) is 21.3 Å². The van der Waals surface area contributed by atoms with Crippen LogP contribution in [0.1, 0.15) is 21.5 Å². The lowest BCUT2D eigenvalue weighted by molar-refractivity contribution is -0.0445. The van der Waals surface area contributed by atoms with Gasteiger partial charge >= 0.3 is 0 Å². The summed E-state index contributed by atoms with van der Waals surface area (Å²) in [5, 5.41) is 0. The van der Waals surface area contributed by atoms with Gasteiger partial charge in [-0.1, -0.05) is 23.8 Å². The van der Waals surface area contributed by atoms with E-state index in [2.05, 4.69) is 4.90 Å². The van der Waals surface area contributed by atoms with Gasteiger partial charge in [-0.15, -0.1) is 0 Å². The third kappa shape index (κ3) is 6.45. The van der Waals surface area contributed by atoms with Crippen molar-refractivity contribution >= 4 is 5.91 Å². The minimum absolute atomic E-state index is 0.000373. The third-order valence-corrected chi connectivity index (χ3v) is 5.69. The zero-order valence-electron chi connectivity index (χ0n) is 19.5. The molecule has 0 N–H and O–H groups in total. The number of methoxy groups -OCH3 is 3. The van der Waals surface area contributed by atoms with Gasteiger partial charge in [0.1, 0.15) is 11.5 Å². The maximum absolute atomic E-state index is 13.1. The molecular formula is C25H34N2O5. The van der Waals surface area contributed by atoms with Gasteiger partial charge in [0.2, 0.25) is 0 Å². The zero-order chi connectivity index (χ0) is 22.9. The zero-order valence-corrected chi connectivity index (χ0v) is 19.5. The van der Waals surface area contributed by atoms with Crippen molar-refractivity contribution in [3.05, 3.63) is 59.2 Å². The number of aryl methyl sites for hydroxylation is 1. The predicted octanol–water partition coefficient (Wildman–Crippen LogP) is 3.00. The second-order valence-corrected chi connectivity index (χ2v) is 8.02. The fourth-order valence-corrected chi connectivity index (χ4v) is 3.86. The summed E-state index contributed by atoms with van der Waals surface area (Å²) < 4.78 is 22.1. The maximum atomic E-state index is 13.1. The Kier molecular flexibility index (Phi) is 8.90. The molecule has 1 aliphatic heterocycles. The second kappa shape index (κ2) is 11.9. The van der Waals surface area contributed by atoms with Gasteiger partial charge in [-0.2, -0.15) is 0 Å². The highest BCUT2D eigenvalue weighted by Crippen LogP contribution is 2.26. The highest BCUT2D eigenvalue weighted by Gasteiger charge is 2.26. The number of morpholine rings is 1. The fourth-order valence-electron chi connectivity index (χ4n) is 3.86. The summed E-state index contributed by atoms with van der Waals surface area (Å²) in [5.74, 6) is 1.58. The van der Waals surface area contributed by atoms with Crippen LogP contribution in [0.25, 0.3) is 0 Å². The van der Waals surface area contributed by atoms with Gasteiger partial charge in [0.15, 0.2) is 0 Å². The number of benzene rings is 2. The first-order valence-electron chi connectivity index (χ1n) is 10.9. The molecule has 0 bridgehead atoms. The van der Waals surface area contributed by atoms with Gasteiger partial charge in [0.25, 0.3) is 5.91 Å². The number of nitrogens with zero attached hydrogens (tertiary/aromatic N) is 2. The standard InChI is InChI=1S/C25H34N2O5/c1-19-5-7-20(8-6-19)25(28)27(12-13-29-2)18-23-17-26(11-14-32-23)16-21-9-10-22(30-3)15-24(21)31-4/h5-10,15,23H,11-14,16-18H2,1-4H3. The van der Waals surface area contributed by atoms with Gasteiger partial charge in [-0.25, -0.2) is 0 Å². The average Bonchev–Trinajstić information content (AvgIpc) is 2.82. The minimum atomic E-state index is -0.0701. The largest absolute Gasteiger partial charge is 0.497 e. The van der Waals surface area contributed by atoms with E-state index in [1.807, 2.05) is 54.3 Å². The molecule has 1 saturated heterocycles. The van der Waals surface area contributed by atoms with E-state index in [4.69, 9.17) is 18.9 Å². The van der Waals surface area contributed by atoms with Crippen LogP contribution >= 0.6 is 0 Å². The molecule has 32 heavy (non-hydrogen) atoms. The molecule has 3 rings (SSSR count). The van der Waals surface area contributed by atoms with Gasteiger partial charge < -0.3 is 23.8 Å². The molecule has 1 aliphatic rings. The van der Waals surface area contributed by atoms with Crippen LogP contribution in [0.15, 0.2) is 42.5 Å². The summed E-state index contributed by atoms with van der Waals surface area (Å²) in [6.45, 7) is 6.48. The molecule has 0 radical (unpaired) electrons. The van der Waals surface area contributed by atoms with Crippen LogP contribution in [0.2, 0.25) is 0 Å². The first kappa shape index (κ1) is 24.0.